The van der Waals surface area contributed by atoms with Crippen molar-refractivity contribution in [3.05, 3.63) is 86.8 Å². The first kappa shape index (κ1) is 31.4. The van der Waals surface area contributed by atoms with Gasteiger partial charge in [-0.2, -0.15) is 0 Å². The van der Waals surface area contributed by atoms with Crippen LogP contribution in [0.5, 0.6) is 5.75 Å². The number of alkyl halides is 2. The molecule has 1 saturated carbocycles. The minimum absolute atomic E-state index is 0.00729. The van der Waals surface area contributed by atoms with Gasteiger partial charge in [0.15, 0.2) is 0 Å². The van der Waals surface area contributed by atoms with Crippen LogP contribution in [0.1, 0.15) is 58.9 Å². The van der Waals surface area contributed by atoms with Gasteiger partial charge in [0.25, 0.3) is 18.2 Å². The van der Waals surface area contributed by atoms with Crippen LogP contribution in [0.2, 0.25) is 5.02 Å². The van der Waals surface area contributed by atoms with Crippen molar-refractivity contribution in [2.45, 2.75) is 45.6 Å². The molecule has 0 radical (unpaired) electrons. The Labute approximate surface area is 256 Å². The van der Waals surface area contributed by atoms with Crippen LogP contribution in [0.3, 0.4) is 0 Å². The second-order valence-corrected chi connectivity index (χ2v) is 11.4. The number of rotatable bonds is 11. The van der Waals surface area contributed by atoms with Crippen LogP contribution in [0, 0.1) is 11.8 Å². The fraction of sp³-hybridized carbons (Fsp3) is 0.323. The standard InChI is InChI=1S/C31H31BrClF2N3O4/c1-2-19-4-3-5-23(19)29(39)36-16-18-6-12-26(33)24(14-18)30(40)38-22-11-13-27(42-17-28(34)35)25(15-22)31(41)37-21-9-7-20(32)8-10-21/h6-15,19,23,28H,2-5,16-17H2,1H3,(H,36,39)(H,37,41)(H,38,40). The largest absolute Gasteiger partial charge is 0.487 e. The molecule has 0 saturated heterocycles. The monoisotopic (exact) mass is 661 g/mol. The average Bonchev–Trinajstić information content (AvgIpc) is 3.46. The number of carbonyl (C=O) groups excluding carboxylic acids is 3. The van der Waals surface area contributed by atoms with E-state index in [1.807, 2.05) is 0 Å². The molecule has 3 amide bonds. The summed E-state index contributed by atoms with van der Waals surface area (Å²) in [6.45, 7) is 1.45. The van der Waals surface area contributed by atoms with Gasteiger partial charge in [-0.05, 0) is 78.9 Å². The Kier molecular flexibility index (Phi) is 10.9. The molecule has 4 rings (SSSR count). The topological polar surface area (TPSA) is 96.5 Å². The van der Waals surface area contributed by atoms with Gasteiger partial charge >= 0.3 is 0 Å². The van der Waals surface area contributed by atoms with E-state index in [9.17, 15) is 23.2 Å². The zero-order valence-corrected chi connectivity index (χ0v) is 25.2. The molecular formula is C31H31BrClF2N3O4. The van der Waals surface area contributed by atoms with E-state index >= 15 is 0 Å². The number of ether oxygens (including phenoxy) is 1. The molecule has 11 heteroatoms. The fourth-order valence-electron chi connectivity index (χ4n) is 5.04. The molecule has 2 unspecified atom stereocenters. The summed E-state index contributed by atoms with van der Waals surface area (Å²) < 4.78 is 31.7. The number of halogens is 4. The second kappa shape index (κ2) is 14.6. The Morgan fingerprint density at radius 1 is 0.952 bits per heavy atom. The summed E-state index contributed by atoms with van der Waals surface area (Å²) in [6, 6.07) is 15.9. The van der Waals surface area contributed by atoms with Gasteiger partial charge < -0.3 is 20.7 Å². The first-order valence-electron chi connectivity index (χ1n) is 13.6. The Morgan fingerprint density at radius 2 is 1.64 bits per heavy atom. The lowest BCUT2D eigenvalue weighted by atomic mass is 9.93. The number of hydrogen-bond donors (Lipinski definition) is 3. The molecule has 3 aromatic carbocycles. The number of hydrogen-bond acceptors (Lipinski definition) is 4. The molecule has 1 fully saturated rings. The highest BCUT2D eigenvalue weighted by Gasteiger charge is 2.31. The molecule has 3 N–H and O–H groups in total. The molecule has 7 nitrogen and oxygen atoms in total. The molecule has 42 heavy (non-hydrogen) atoms. The summed E-state index contributed by atoms with van der Waals surface area (Å²) >= 11 is 9.66. The minimum Gasteiger partial charge on any atom is -0.487 e. The van der Waals surface area contributed by atoms with Crippen molar-refractivity contribution in [3.8, 4) is 5.75 Å². The van der Waals surface area contributed by atoms with Gasteiger partial charge in [0.2, 0.25) is 5.91 Å². The highest BCUT2D eigenvalue weighted by molar-refractivity contribution is 9.10. The van der Waals surface area contributed by atoms with Crippen LogP contribution < -0.4 is 20.7 Å². The number of anilines is 2. The number of nitrogens with one attached hydrogen (secondary N) is 3. The molecule has 0 spiro atoms. The summed E-state index contributed by atoms with van der Waals surface area (Å²) in [5, 5.41) is 8.59. The van der Waals surface area contributed by atoms with Crippen molar-refractivity contribution in [3.63, 3.8) is 0 Å². The third-order valence-electron chi connectivity index (χ3n) is 7.21. The molecular weight excluding hydrogens is 632 g/mol. The maximum Gasteiger partial charge on any atom is 0.272 e. The molecule has 0 aromatic heterocycles. The van der Waals surface area contributed by atoms with E-state index in [1.54, 1.807) is 42.5 Å². The Morgan fingerprint density at radius 3 is 2.36 bits per heavy atom. The summed E-state index contributed by atoms with van der Waals surface area (Å²) in [7, 11) is 0. The van der Waals surface area contributed by atoms with Crippen molar-refractivity contribution in [1.82, 2.24) is 5.32 Å². The van der Waals surface area contributed by atoms with Crippen molar-refractivity contribution >= 4 is 56.6 Å². The van der Waals surface area contributed by atoms with Crippen molar-refractivity contribution in [1.29, 1.82) is 0 Å². The van der Waals surface area contributed by atoms with E-state index in [0.717, 1.165) is 30.2 Å². The lowest BCUT2D eigenvalue weighted by Crippen LogP contribution is -2.32. The second-order valence-electron chi connectivity index (χ2n) is 10.1. The van der Waals surface area contributed by atoms with Gasteiger partial charge in [-0.25, -0.2) is 8.78 Å². The minimum atomic E-state index is -2.74. The molecule has 0 aliphatic heterocycles. The number of carbonyl (C=O) groups is 3. The Balaban J connectivity index is 1.49. The first-order chi connectivity index (χ1) is 20.1. The van der Waals surface area contributed by atoms with E-state index < -0.39 is 24.8 Å². The normalized spacial score (nSPS) is 16.2. The van der Waals surface area contributed by atoms with Crippen molar-refractivity contribution in [2.75, 3.05) is 17.2 Å². The van der Waals surface area contributed by atoms with E-state index in [1.165, 1.54) is 18.2 Å². The predicted octanol–water partition coefficient (Wildman–Crippen LogP) is 7.69. The van der Waals surface area contributed by atoms with Crippen LogP contribution in [0.15, 0.2) is 65.1 Å². The van der Waals surface area contributed by atoms with Gasteiger partial charge in [0.05, 0.1) is 16.1 Å². The lowest BCUT2D eigenvalue weighted by Gasteiger charge is -2.18. The molecule has 0 heterocycles. The summed E-state index contributed by atoms with van der Waals surface area (Å²) in [5.74, 6) is -0.801. The molecule has 0 bridgehead atoms. The van der Waals surface area contributed by atoms with Crippen molar-refractivity contribution < 1.29 is 27.9 Å². The fourth-order valence-corrected chi connectivity index (χ4v) is 5.51. The third kappa shape index (κ3) is 8.29. The van der Waals surface area contributed by atoms with E-state index in [2.05, 4.69) is 38.8 Å². The molecule has 3 aromatic rings. The zero-order chi connectivity index (χ0) is 30.2. The summed E-state index contributed by atoms with van der Waals surface area (Å²) in [4.78, 5) is 39.0. The van der Waals surface area contributed by atoms with Crippen LogP contribution >= 0.6 is 27.5 Å². The predicted molar refractivity (Wildman–Crippen MR) is 162 cm³/mol. The summed E-state index contributed by atoms with van der Waals surface area (Å²) in [5.41, 5.74) is 1.54. The molecule has 1 aliphatic carbocycles. The highest BCUT2D eigenvalue weighted by Crippen LogP contribution is 2.34. The molecule has 1 aliphatic rings. The summed E-state index contributed by atoms with van der Waals surface area (Å²) in [6.07, 6.45) is 1.23. The number of amides is 3. The molecule has 222 valence electrons. The van der Waals surface area contributed by atoms with Gasteiger partial charge in [0, 0.05) is 28.3 Å². The van der Waals surface area contributed by atoms with Crippen LogP contribution in [-0.4, -0.2) is 30.8 Å². The van der Waals surface area contributed by atoms with Gasteiger partial charge in [-0.15, -0.1) is 0 Å². The van der Waals surface area contributed by atoms with Gasteiger partial charge in [0.1, 0.15) is 12.4 Å². The van der Waals surface area contributed by atoms with Gasteiger partial charge in [-0.3, -0.25) is 14.4 Å². The van der Waals surface area contributed by atoms with Gasteiger partial charge in [-0.1, -0.05) is 53.4 Å². The maximum atomic E-state index is 13.2. The van der Waals surface area contributed by atoms with E-state index in [-0.39, 0.29) is 46.0 Å². The first-order valence-corrected chi connectivity index (χ1v) is 14.8. The van der Waals surface area contributed by atoms with E-state index in [0.29, 0.717) is 17.2 Å². The SMILES string of the molecule is CCC1CCCC1C(=O)NCc1ccc(Cl)c(C(=O)Nc2ccc(OCC(F)F)c(C(=O)Nc3ccc(Br)cc3)c2)c1. The van der Waals surface area contributed by atoms with Crippen LogP contribution in [0.25, 0.3) is 0 Å². The third-order valence-corrected chi connectivity index (χ3v) is 8.07. The lowest BCUT2D eigenvalue weighted by molar-refractivity contribution is -0.126. The zero-order valence-electron chi connectivity index (χ0n) is 22.9. The smallest absolute Gasteiger partial charge is 0.272 e. The highest BCUT2D eigenvalue weighted by atomic mass is 79.9. The Hall–Kier alpha value is -3.50. The quantitative estimate of drug-likeness (QED) is 0.196. The molecule has 2 atom stereocenters. The number of benzene rings is 3. The van der Waals surface area contributed by atoms with E-state index in [4.69, 9.17) is 16.3 Å². The Bertz CT molecular complexity index is 1440. The average molecular weight is 663 g/mol. The van der Waals surface area contributed by atoms with Crippen LogP contribution in [0.4, 0.5) is 20.2 Å². The van der Waals surface area contributed by atoms with Crippen molar-refractivity contribution in [2.24, 2.45) is 11.8 Å². The maximum absolute atomic E-state index is 13.2. The van der Waals surface area contributed by atoms with Crippen LogP contribution in [-0.2, 0) is 11.3 Å².